The third-order valence-corrected chi connectivity index (χ3v) is 4.30. The lowest BCUT2D eigenvalue weighted by molar-refractivity contribution is 0.0168. The van der Waals surface area contributed by atoms with Crippen molar-refractivity contribution in [1.82, 2.24) is 15.6 Å². The van der Waals surface area contributed by atoms with Crippen LogP contribution in [0.3, 0.4) is 0 Å². The Labute approximate surface area is 136 Å². The second-order valence-electron chi connectivity index (χ2n) is 5.28. The van der Waals surface area contributed by atoms with Crippen LogP contribution >= 0.6 is 11.3 Å². The van der Waals surface area contributed by atoms with Gasteiger partial charge < -0.3 is 20.1 Å². The number of ether oxygens (including phenoxy) is 2. The Morgan fingerprint density at radius 2 is 2.45 bits per heavy atom. The zero-order valence-corrected chi connectivity index (χ0v) is 14.2. The van der Waals surface area contributed by atoms with E-state index in [1.807, 2.05) is 6.20 Å². The van der Waals surface area contributed by atoms with Gasteiger partial charge in [0.05, 0.1) is 19.3 Å². The fourth-order valence-corrected chi connectivity index (χ4v) is 2.96. The topological polar surface area (TPSA) is 67.8 Å². The maximum Gasteiger partial charge on any atom is 0.191 e. The SMILES string of the molecule is CN=C(NCCCOCC1CCCO1)NCc1ncc(C)s1. The van der Waals surface area contributed by atoms with Crippen LogP contribution in [0.4, 0.5) is 0 Å². The van der Waals surface area contributed by atoms with Crippen molar-refractivity contribution in [3.05, 3.63) is 16.1 Å². The fraction of sp³-hybridized carbons (Fsp3) is 0.733. The summed E-state index contributed by atoms with van der Waals surface area (Å²) in [5.41, 5.74) is 0. The van der Waals surface area contributed by atoms with Gasteiger partial charge in [-0.25, -0.2) is 4.98 Å². The lowest BCUT2D eigenvalue weighted by Crippen LogP contribution is -2.37. The maximum atomic E-state index is 5.63. The maximum absolute atomic E-state index is 5.63. The Balaban J connectivity index is 1.50. The normalized spacial score (nSPS) is 18.6. The molecule has 1 aliphatic heterocycles. The molecule has 0 saturated carbocycles. The summed E-state index contributed by atoms with van der Waals surface area (Å²) in [4.78, 5) is 9.75. The number of hydrogen-bond donors (Lipinski definition) is 2. The molecule has 2 heterocycles. The molecule has 0 spiro atoms. The quantitative estimate of drug-likeness (QED) is 0.432. The van der Waals surface area contributed by atoms with Gasteiger partial charge in [0.15, 0.2) is 5.96 Å². The molecular formula is C15H26N4O2S. The molecule has 1 saturated heterocycles. The van der Waals surface area contributed by atoms with Crippen molar-refractivity contribution in [3.8, 4) is 0 Å². The van der Waals surface area contributed by atoms with Crippen LogP contribution in [0.25, 0.3) is 0 Å². The number of nitrogens with zero attached hydrogens (tertiary/aromatic N) is 2. The molecule has 7 heteroatoms. The van der Waals surface area contributed by atoms with E-state index in [2.05, 4.69) is 27.5 Å². The van der Waals surface area contributed by atoms with Crippen molar-refractivity contribution in [2.75, 3.05) is 33.4 Å². The Kier molecular flexibility index (Phi) is 7.62. The predicted molar refractivity (Wildman–Crippen MR) is 89.5 cm³/mol. The van der Waals surface area contributed by atoms with Crippen molar-refractivity contribution >= 4 is 17.3 Å². The van der Waals surface area contributed by atoms with Gasteiger partial charge >= 0.3 is 0 Å². The number of hydrogen-bond acceptors (Lipinski definition) is 5. The second kappa shape index (κ2) is 9.76. The first-order valence-electron chi connectivity index (χ1n) is 7.83. The average molecular weight is 326 g/mol. The van der Waals surface area contributed by atoms with E-state index in [-0.39, 0.29) is 0 Å². The first-order valence-corrected chi connectivity index (χ1v) is 8.64. The van der Waals surface area contributed by atoms with E-state index in [1.165, 1.54) is 4.88 Å². The zero-order chi connectivity index (χ0) is 15.6. The molecule has 1 aromatic rings. The van der Waals surface area contributed by atoms with Crippen LogP contribution in [0, 0.1) is 6.92 Å². The van der Waals surface area contributed by atoms with E-state index in [4.69, 9.17) is 9.47 Å². The molecule has 1 aromatic heterocycles. The highest BCUT2D eigenvalue weighted by molar-refractivity contribution is 7.11. The number of aromatic nitrogens is 1. The predicted octanol–water partition coefficient (Wildman–Crippen LogP) is 1.70. The number of nitrogens with one attached hydrogen (secondary N) is 2. The first kappa shape index (κ1) is 17.2. The summed E-state index contributed by atoms with van der Waals surface area (Å²) in [5.74, 6) is 0.798. The third-order valence-electron chi connectivity index (χ3n) is 3.39. The third kappa shape index (κ3) is 6.29. The summed E-state index contributed by atoms with van der Waals surface area (Å²) in [7, 11) is 1.77. The van der Waals surface area contributed by atoms with Crippen LogP contribution in [0.5, 0.6) is 0 Å². The highest BCUT2D eigenvalue weighted by Gasteiger charge is 2.14. The molecule has 0 aromatic carbocycles. The van der Waals surface area contributed by atoms with E-state index in [0.29, 0.717) is 12.6 Å². The molecule has 0 amide bonds. The number of aryl methyl sites for hydroxylation is 1. The summed E-state index contributed by atoms with van der Waals surface area (Å²) < 4.78 is 11.1. The van der Waals surface area contributed by atoms with Crippen LogP contribution in [0.15, 0.2) is 11.2 Å². The first-order chi connectivity index (χ1) is 10.8. The van der Waals surface area contributed by atoms with Gasteiger partial charge in [-0.3, -0.25) is 4.99 Å². The number of rotatable bonds is 8. The standard InChI is InChI=1S/C15H26N4O2S/c1-12-9-18-14(22-12)10-19-15(16-2)17-6-4-7-20-11-13-5-3-8-21-13/h9,13H,3-8,10-11H2,1-2H3,(H2,16,17,19). The van der Waals surface area contributed by atoms with Gasteiger partial charge in [-0.05, 0) is 26.2 Å². The number of thiazole rings is 1. The number of guanidine groups is 1. The molecule has 0 bridgehead atoms. The summed E-state index contributed by atoms with van der Waals surface area (Å²) in [5, 5.41) is 7.61. The van der Waals surface area contributed by atoms with Crippen molar-refractivity contribution in [3.63, 3.8) is 0 Å². The van der Waals surface area contributed by atoms with Crippen molar-refractivity contribution in [1.29, 1.82) is 0 Å². The molecule has 0 aliphatic carbocycles. The minimum Gasteiger partial charge on any atom is -0.379 e. The van der Waals surface area contributed by atoms with Gasteiger partial charge in [0.1, 0.15) is 5.01 Å². The van der Waals surface area contributed by atoms with Gasteiger partial charge in [0.25, 0.3) is 0 Å². The summed E-state index contributed by atoms with van der Waals surface area (Å²) in [6.07, 6.45) is 5.44. The summed E-state index contributed by atoms with van der Waals surface area (Å²) in [6.45, 7) is 5.95. The minimum atomic E-state index is 0.309. The van der Waals surface area contributed by atoms with E-state index in [1.54, 1.807) is 18.4 Å². The van der Waals surface area contributed by atoms with E-state index in [0.717, 1.165) is 56.6 Å². The minimum absolute atomic E-state index is 0.309. The van der Waals surface area contributed by atoms with Gasteiger partial charge in [0.2, 0.25) is 0 Å². The van der Waals surface area contributed by atoms with Crippen molar-refractivity contribution < 1.29 is 9.47 Å². The molecule has 6 nitrogen and oxygen atoms in total. The van der Waals surface area contributed by atoms with Crippen molar-refractivity contribution in [2.24, 2.45) is 4.99 Å². The molecule has 2 N–H and O–H groups in total. The van der Waals surface area contributed by atoms with Gasteiger partial charge in [-0.2, -0.15) is 0 Å². The largest absolute Gasteiger partial charge is 0.379 e. The molecule has 1 fully saturated rings. The lowest BCUT2D eigenvalue weighted by Gasteiger charge is -2.12. The van der Waals surface area contributed by atoms with E-state index < -0.39 is 0 Å². The fourth-order valence-electron chi connectivity index (χ4n) is 2.23. The molecule has 1 unspecified atom stereocenters. The Morgan fingerprint density at radius 3 is 3.14 bits per heavy atom. The molecule has 0 radical (unpaired) electrons. The highest BCUT2D eigenvalue weighted by Crippen LogP contribution is 2.12. The van der Waals surface area contributed by atoms with Crippen molar-refractivity contribution in [2.45, 2.75) is 38.8 Å². The van der Waals surface area contributed by atoms with Crippen LogP contribution in [0.1, 0.15) is 29.1 Å². The molecule has 1 aliphatic rings. The zero-order valence-electron chi connectivity index (χ0n) is 13.4. The van der Waals surface area contributed by atoms with E-state index in [9.17, 15) is 0 Å². The van der Waals surface area contributed by atoms with Crippen LogP contribution < -0.4 is 10.6 Å². The van der Waals surface area contributed by atoms with Crippen LogP contribution in [0.2, 0.25) is 0 Å². The Hall–Kier alpha value is -1.18. The Morgan fingerprint density at radius 1 is 1.55 bits per heavy atom. The highest BCUT2D eigenvalue weighted by atomic mass is 32.1. The molecule has 2 rings (SSSR count). The molecular weight excluding hydrogens is 300 g/mol. The Bertz CT molecular complexity index is 458. The van der Waals surface area contributed by atoms with Gasteiger partial charge in [0, 0.05) is 37.9 Å². The number of aliphatic imine (C=N–C) groups is 1. The average Bonchev–Trinajstić information content (AvgIpc) is 3.17. The van der Waals surface area contributed by atoms with Gasteiger partial charge in [-0.1, -0.05) is 0 Å². The van der Waals surface area contributed by atoms with Crippen LogP contribution in [-0.2, 0) is 16.0 Å². The molecule has 22 heavy (non-hydrogen) atoms. The smallest absolute Gasteiger partial charge is 0.191 e. The lowest BCUT2D eigenvalue weighted by atomic mass is 10.2. The molecule has 124 valence electrons. The van der Waals surface area contributed by atoms with Crippen LogP contribution in [-0.4, -0.2) is 50.5 Å². The summed E-state index contributed by atoms with van der Waals surface area (Å²) >= 11 is 1.70. The molecule has 1 atom stereocenters. The monoisotopic (exact) mass is 326 g/mol. The van der Waals surface area contributed by atoms with Gasteiger partial charge in [-0.15, -0.1) is 11.3 Å². The summed E-state index contributed by atoms with van der Waals surface area (Å²) in [6, 6.07) is 0. The van der Waals surface area contributed by atoms with E-state index >= 15 is 0 Å². The second-order valence-corrected chi connectivity index (χ2v) is 6.60.